The molecule has 0 unspecified atom stereocenters. The van der Waals surface area contributed by atoms with Gasteiger partial charge in [0.25, 0.3) is 0 Å². The summed E-state index contributed by atoms with van der Waals surface area (Å²) >= 11 is 10.5. The highest BCUT2D eigenvalue weighted by Gasteiger charge is 1.85. The van der Waals surface area contributed by atoms with Gasteiger partial charge in [-0.25, -0.2) is 0 Å². The first kappa shape index (κ1) is 5.72. The third-order valence-electron chi connectivity index (χ3n) is 0. The molecule has 4 heavy (non-hydrogen) atoms. The van der Waals surface area contributed by atoms with Crippen LogP contribution in [0.4, 0.5) is 0 Å². The van der Waals surface area contributed by atoms with Crippen LogP contribution >= 0.6 is 48.2 Å². The zero-order valence-corrected chi connectivity index (χ0v) is 7.13. The number of halogens is 3. The maximum absolute atomic E-state index is 5.28. The Morgan fingerprint density at radius 2 is 2.00 bits per heavy atom. The molecule has 0 aromatic carbocycles. The minimum Gasteiger partial charge on any atom is -0.139 e. The predicted octanol–water partition coefficient (Wildman–Crippen LogP) is 2.04. The second-order valence-corrected chi connectivity index (χ2v) is 15.1. The van der Waals surface area contributed by atoms with Gasteiger partial charge in [0.05, 0.1) is 0 Å². The van der Waals surface area contributed by atoms with E-state index < -0.39 is 4.22 Å². The molecule has 0 aliphatic heterocycles. The fourth-order valence-corrected chi connectivity index (χ4v) is 0. The number of hydrogen-bond acceptors (Lipinski definition) is 0. The Morgan fingerprint density at radius 1 is 2.00 bits per heavy atom. The van der Waals surface area contributed by atoms with Gasteiger partial charge in [0.15, 0.2) is 0 Å². The van der Waals surface area contributed by atoms with Gasteiger partial charge in [0.2, 0.25) is 0 Å². The molecule has 25 valence electrons. The van der Waals surface area contributed by atoms with Crippen molar-refractivity contribution in [2.45, 2.75) is 0 Å². The lowest BCUT2D eigenvalue weighted by atomic mass is 27.9. The van der Waals surface area contributed by atoms with Crippen molar-refractivity contribution < 1.29 is 0 Å². The van der Waals surface area contributed by atoms with E-state index in [0.717, 1.165) is 0 Å². The lowest BCUT2D eigenvalue weighted by Crippen LogP contribution is -1.62. The molecule has 1 radical (unpaired) electrons. The van der Waals surface area contributed by atoms with Gasteiger partial charge in [-0.2, -0.15) is 0 Å². The molecule has 0 fully saturated rings. The monoisotopic (exact) mass is 269 g/mol. The third-order valence-corrected chi connectivity index (χ3v) is 0. The van der Waals surface area contributed by atoms with E-state index in [-0.39, 0.29) is 0 Å². The fourth-order valence-electron chi connectivity index (χ4n) is 0. The molecule has 0 amide bonds. The molecule has 0 bridgehead atoms. The predicted molar refractivity (Wildman–Crippen MR) is 34.6 cm³/mol. The van der Waals surface area contributed by atoms with Crippen LogP contribution in [0.25, 0.3) is 0 Å². The average Bonchev–Trinajstić information content (AvgIpc) is 0.811. The Morgan fingerprint density at radius 3 is 2.00 bits per heavy atom. The third kappa shape index (κ3) is 9.31. The molecule has 0 aromatic rings. The molecule has 0 aliphatic rings. The maximum atomic E-state index is 5.28. The van der Waals surface area contributed by atoms with Gasteiger partial charge >= 0.3 is 4.22 Å². The smallest absolute Gasteiger partial charge is 0.139 e. The molecule has 0 aliphatic carbocycles. The van der Waals surface area contributed by atoms with E-state index in [9.17, 15) is 0 Å². The van der Waals surface area contributed by atoms with Gasteiger partial charge in [-0.3, -0.25) is 0 Å². The van der Waals surface area contributed by atoms with Crippen molar-refractivity contribution in [1.29, 1.82) is 0 Å². The molecule has 0 spiro atoms. The Hall–Kier alpha value is 1.72. The van der Waals surface area contributed by atoms with E-state index in [2.05, 4.69) is 37.1 Å². The van der Waals surface area contributed by atoms with Crippen LogP contribution in [0.3, 0.4) is 0 Å². The van der Waals surface area contributed by atoms with Crippen molar-refractivity contribution in [3.63, 3.8) is 0 Å². The van der Waals surface area contributed by atoms with E-state index in [1.807, 2.05) is 0 Å². The topological polar surface area (TPSA) is 0 Å². The molecular formula is BrClISi. The van der Waals surface area contributed by atoms with Gasteiger partial charge < -0.3 is 0 Å². The second-order valence-electron chi connectivity index (χ2n) is 0.214. The van der Waals surface area contributed by atoms with E-state index >= 15 is 0 Å². The van der Waals surface area contributed by atoms with Crippen LogP contribution in [0, 0.1) is 0 Å². The number of rotatable bonds is 0. The van der Waals surface area contributed by atoms with Crippen LogP contribution in [-0.4, -0.2) is 4.22 Å². The molecule has 0 heterocycles. The van der Waals surface area contributed by atoms with E-state index in [4.69, 9.17) is 11.1 Å². The summed E-state index contributed by atoms with van der Waals surface area (Å²) in [6.07, 6.45) is 0. The van der Waals surface area contributed by atoms with Gasteiger partial charge in [-0.1, -0.05) is 37.1 Å². The summed E-state index contributed by atoms with van der Waals surface area (Å²) < 4.78 is -0.625. The summed E-state index contributed by atoms with van der Waals surface area (Å²) in [4.78, 5) is 0. The molecule has 0 aromatic heterocycles. The highest BCUT2D eigenvalue weighted by atomic mass is 127. The molecule has 0 nitrogen and oxygen atoms in total. The quantitative estimate of drug-likeness (QED) is 0.359. The van der Waals surface area contributed by atoms with Crippen LogP contribution in [0.2, 0.25) is 0 Å². The zero-order valence-electron chi connectivity index (χ0n) is 1.63. The summed E-state index contributed by atoms with van der Waals surface area (Å²) in [5, 5.41) is 0. The second kappa shape index (κ2) is 2.93. The normalized spacial score (nSPS) is 9.00. The molecule has 0 saturated heterocycles. The first-order valence-electron chi connectivity index (χ1n) is 0.567. The van der Waals surface area contributed by atoms with Gasteiger partial charge in [0.1, 0.15) is 0 Å². The fraction of sp³-hybridized carbons (Fsp3) is 0. The minimum atomic E-state index is -0.625. The van der Waals surface area contributed by atoms with Gasteiger partial charge in [-0.15, -0.1) is 11.1 Å². The summed E-state index contributed by atoms with van der Waals surface area (Å²) in [5.74, 6) is 0. The van der Waals surface area contributed by atoms with Gasteiger partial charge in [-0.05, 0) is 0 Å². The Bertz CT molecular complexity index is 12.8. The summed E-state index contributed by atoms with van der Waals surface area (Å²) in [7, 11) is 0. The molecule has 4 heteroatoms. The highest BCUT2D eigenvalue weighted by Crippen LogP contribution is 2.05. The Balaban J connectivity index is 2.32. The zero-order chi connectivity index (χ0) is 3.58. The maximum Gasteiger partial charge on any atom is 0.315 e. The lowest BCUT2D eigenvalue weighted by molar-refractivity contribution is 4.61. The van der Waals surface area contributed by atoms with Crippen molar-refractivity contribution in [3.8, 4) is 0 Å². The van der Waals surface area contributed by atoms with Crippen molar-refractivity contribution in [2.24, 2.45) is 0 Å². The summed E-state index contributed by atoms with van der Waals surface area (Å²) in [6, 6.07) is 0. The highest BCUT2D eigenvalue weighted by molar-refractivity contribution is 14.1. The van der Waals surface area contributed by atoms with Crippen LogP contribution in [0.15, 0.2) is 0 Å². The van der Waals surface area contributed by atoms with Crippen LogP contribution in [-0.2, 0) is 0 Å². The lowest BCUT2D eigenvalue weighted by Gasteiger charge is -1.64. The Kier molecular flexibility index (Phi) is 4.19. The number of hydrogen-bond donors (Lipinski definition) is 0. The van der Waals surface area contributed by atoms with Crippen LogP contribution in [0.1, 0.15) is 0 Å². The van der Waals surface area contributed by atoms with Crippen molar-refractivity contribution in [3.05, 3.63) is 0 Å². The SMILES string of the molecule is Cl[Si](Br)I. The minimum absolute atomic E-state index is 0.625. The standard InChI is InChI=1S/BrClISi/c1-4(2)3. The largest absolute Gasteiger partial charge is 0.315 e. The van der Waals surface area contributed by atoms with Crippen molar-refractivity contribution in [2.75, 3.05) is 0 Å². The molecule has 0 atom stereocenters. The van der Waals surface area contributed by atoms with E-state index in [0.29, 0.717) is 0 Å². The molecule has 0 N–H and O–H groups in total. The molecule has 0 rings (SSSR count). The van der Waals surface area contributed by atoms with Crippen molar-refractivity contribution >= 4 is 52.4 Å². The van der Waals surface area contributed by atoms with E-state index in [1.54, 1.807) is 0 Å². The summed E-state index contributed by atoms with van der Waals surface area (Å²) in [5.41, 5.74) is 0. The van der Waals surface area contributed by atoms with Crippen molar-refractivity contribution in [1.82, 2.24) is 0 Å². The van der Waals surface area contributed by atoms with Crippen LogP contribution < -0.4 is 0 Å². The molecular weight excluding hydrogens is 270 g/mol. The average molecular weight is 270 g/mol. The van der Waals surface area contributed by atoms with Gasteiger partial charge in [0, 0.05) is 0 Å². The first-order valence-corrected chi connectivity index (χ1v) is 8.45. The first-order chi connectivity index (χ1) is 1.73. The molecule has 0 saturated carbocycles. The van der Waals surface area contributed by atoms with E-state index in [1.165, 1.54) is 0 Å². The Labute approximate surface area is 52.0 Å². The van der Waals surface area contributed by atoms with Crippen LogP contribution in [0.5, 0.6) is 0 Å². The summed E-state index contributed by atoms with van der Waals surface area (Å²) in [6.45, 7) is 0.